The highest BCUT2D eigenvalue weighted by atomic mass is 15.1. The van der Waals surface area contributed by atoms with Gasteiger partial charge in [-0.2, -0.15) is 0 Å². The van der Waals surface area contributed by atoms with Crippen LogP contribution < -0.4 is 0 Å². The van der Waals surface area contributed by atoms with Gasteiger partial charge in [0.15, 0.2) is 0 Å². The molecule has 2 heteroatoms. The second-order valence-electron chi connectivity index (χ2n) is 5.25. The fourth-order valence-electron chi connectivity index (χ4n) is 2.13. The Morgan fingerprint density at radius 1 is 1.17 bits per heavy atom. The summed E-state index contributed by atoms with van der Waals surface area (Å²) in [5, 5.41) is 0. The number of hydrogen-bond acceptors (Lipinski definition) is 1. The summed E-state index contributed by atoms with van der Waals surface area (Å²) in [5.41, 5.74) is 2.45. The van der Waals surface area contributed by atoms with Gasteiger partial charge in [-0.1, -0.05) is 75.3 Å². The van der Waals surface area contributed by atoms with Crippen LogP contribution in [0.4, 0.5) is 0 Å². The van der Waals surface area contributed by atoms with Crippen LogP contribution >= 0.6 is 0 Å². The third-order valence-corrected chi connectivity index (χ3v) is 3.27. The molecule has 1 nitrogen and oxygen atoms in total. The molecule has 1 unspecified atom stereocenters. The lowest BCUT2D eigenvalue weighted by atomic mass is 10.1. The van der Waals surface area contributed by atoms with Crippen LogP contribution in [0.2, 0.25) is 0 Å². The molecule has 23 heavy (non-hydrogen) atoms. The summed E-state index contributed by atoms with van der Waals surface area (Å²) in [6, 6.07) is 0. The molecule has 1 atom stereocenters. The van der Waals surface area contributed by atoms with E-state index in [1.807, 2.05) is 47.4 Å². The van der Waals surface area contributed by atoms with E-state index >= 15 is 0 Å². The molecule has 1 aliphatic rings. The van der Waals surface area contributed by atoms with Crippen molar-refractivity contribution in [1.82, 2.24) is 4.90 Å². The van der Waals surface area contributed by atoms with Crippen molar-refractivity contribution in [3.63, 3.8) is 0 Å². The molecule has 0 saturated heterocycles. The van der Waals surface area contributed by atoms with E-state index in [0.29, 0.717) is 5.92 Å². The minimum atomic E-state index is 0.494. The molecule has 0 aliphatic carbocycles. The molecule has 0 saturated carbocycles. The normalized spacial score (nSPS) is 26.0. The monoisotopic (exact) mass is 301 g/mol. The van der Waals surface area contributed by atoms with Gasteiger partial charge < -0.3 is 4.90 Å². The second-order valence-corrected chi connectivity index (χ2v) is 5.25. The van der Waals surface area contributed by atoms with Crippen molar-refractivity contribution in [1.29, 1.82) is 0 Å². The van der Waals surface area contributed by atoms with Gasteiger partial charge in [0.05, 0.1) is 0 Å². The maximum atomic E-state index is 5.56. The molecule has 116 valence electrons. The van der Waals surface area contributed by atoms with Gasteiger partial charge in [0.2, 0.25) is 0 Å². The van der Waals surface area contributed by atoms with E-state index in [9.17, 15) is 0 Å². The Hall–Kier alpha value is -2.48. The molecule has 2 radical (unpaired) electrons. The minimum absolute atomic E-state index is 0.494. The van der Waals surface area contributed by atoms with E-state index in [2.05, 4.69) is 38.8 Å². The summed E-state index contributed by atoms with van der Waals surface area (Å²) in [6.45, 7) is 14.2. The lowest BCUT2D eigenvalue weighted by Gasteiger charge is -2.26. The Balaban J connectivity index is 3.26. The van der Waals surface area contributed by atoms with Gasteiger partial charge in [0, 0.05) is 17.1 Å². The zero-order valence-corrected chi connectivity index (χ0v) is 13.9. The molecule has 0 aromatic heterocycles. The minimum Gasteiger partial charge on any atom is -0.312 e. The standard InChI is InChI=1S/C21H24BN/c1-5-11-21(16-17-22)23-19(3)14-8-6-7-12-18(2)13-9-10-15-20(23)4/h5-11,13-18H,1,3-4,12H2,2H3/b7-6-,13-9-,14-8-,15-10-,17-16-,21-11+. The topological polar surface area (TPSA) is 3.24 Å². The third kappa shape index (κ3) is 6.44. The first-order valence-corrected chi connectivity index (χ1v) is 7.67. The molecule has 0 spiro atoms. The molecule has 0 N–H and O–H groups in total. The van der Waals surface area contributed by atoms with Gasteiger partial charge in [0.1, 0.15) is 7.85 Å². The van der Waals surface area contributed by atoms with E-state index in [4.69, 9.17) is 7.85 Å². The Morgan fingerprint density at radius 3 is 2.43 bits per heavy atom. The summed E-state index contributed by atoms with van der Waals surface area (Å²) in [6.07, 6.45) is 22.7. The molecule has 0 fully saturated rings. The molecule has 0 amide bonds. The zero-order valence-electron chi connectivity index (χ0n) is 13.9. The molecule has 1 aliphatic heterocycles. The average molecular weight is 301 g/mol. The van der Waals surface area contributed by atoms with Crippen LogP contribution in [0.3, 0.4) is 0 Å². The van der Waals surface area contributed by atoms with E-state index in [-0.39, 0.29) is 0 Å². The molecule has 0 bridgehead atoms. The van der Waals surface area contributed by atoms with Crippen molar-refractivity contribution in [3.05, 3.63) is 110 Å². The van der Waals surface area contributed by atoms with Crippen LogP contribution in [0.25, 0.3) is 0 Å². The third-order valence-electron chi connectivity index (χ3n) is 3.27. The van der Waals surface area contributed by atoms with Gasteiger partial charge in [0.25, 0.3) is 0 Å². The summed E-state index contributed by atoms with van der Waals surface area (Å²) in [7, 11) is 5.56. The van der Waals surface area contributed by atoms with E-state index in [1.165, 1.54) is 5.98 Å². The summed E-state index contributed by atoms with van der Waals surface area (Å²) < 4.78 is 0. The summed E-state index contributed by atoms with van der Waals surface area (Å²) >= 11 is 0. The van der Waals surface area contributed by atoms with Crippen LogP contribution in [0.1, 0.15) is 13.3 Å². The Labute approximate surface area is 142 Å². The van der Waals surface area contributed by atoms with Crippen molar-refractivity contribution >= 4 is 7.85 Å². The molecular weight excluding hydrogens is 277 g/mol. The van der Waals surface area contributed by atoms with Crippen molar-refractivity contribution < 1.29 is 0 Å². The average Bonchev–Trinajstić information content (AvgIpc) is 2.52. The number of hydrogen-bond donors (Lipinski definition) is 0. The molecule has 1 heterocycles. The summed E-state index contributed by atoms with van der Waals surface area (Å²) in [5.74, 6) is 1.99. The lowest BCUT2D eigenvalue weighted by molar-refractivity contribution is 0.583. The predicted molar refractivity (Wildman–Crippen MR) is 104 cm³/mol. The number of rotatable bonds is 3. The number of nitrogens with zero attached hydrogens (tertiary/aromatic N) is 1. The van der Waals surface area contributed by atoms with Crippen molar-refractivity contribution in [3.8, 4) is 0 Å². The smallest absolute Gasteiger partial charge is 0.102 e. The first kappa shape index (κ1) is 18.6. The van der Waals surface area contributed by atoms with Crippen molar-refractivity contribution in [2.24, 2.45) is 5.92 Å². The van der Waals surface area contributed by atoms with Gasteiger partial charge in [-0.3, -0.25) is 0 Å². The largest absolute Gasteiger partial charge is 0.312 e. The van der Waals surface area contributed by atoms with Crippen LogP contribution in [0.5, 0.6) is 0 Å². The van der Waals surface area contributed by atoms with Gasteiger partial charge >= 0.3 is 0 Å². The van der Waals surface area contributed by atoms with E-state index in [1.54, 1.807) is 12.2 Å². The van der Waals surface area contributed by atoms with Crippen molar-refractivity contribution in [2.75, 3.05) is 0 Å². The van der Waals surface area contributed by atoms with E-state index < -0.39 is 0 Å². The molecule has 1 rings (SSSR count). The SMILES string of the molecule is [B]/C=C\C(=C/C=C)N1C(=C)/C=C\C=C/CC(C)/C=C\C=C/C1=C. The molecule has 0 aromatic rings. The molecule has 0 aromatic carbocycles. The zero-order chi connectivity index (χ0) is 17.1. The van der Waals surface area contributed by atoms with Gasteiger partial charge in [-0.25, -0.2) is 0 Å². The first-order valence-electron chi connectivity index (χ1n) is 7.67. The van der Waals surface area contributed by atoms with Crippen LogP contribution in [-0.4, -0.2) is 12.7 Å². The van der Waals surface area contributed by atoms with E-state index in [0.717, 1.165) is 23.5 Å². The van der Waals surface area contributed by atoms with Gasteiger partial charge in [-0.15, -0.1) is 5.98 Å². The summed E-state index contributed by atoms with van der Waals surface area (Å²) in [4.78, 5) is 1.93. The fraction of sp³-hybridized carbons (Fsp3) is 0.143. The highest BCUT2D eigenvalue weighted by Gasteiger charge is 2.10. The Morgan fingerprint density at radius 2 is 1.83 bits per heavy atom. The molecular formula is C21H24BN. The van der Waals surface area contributed by atoms with Crippen LogP contribution in [0, 0.1) is 5.92 Å². The maximum Gasteiger partial charge on any atom is 0.102 e. The second kappa shape index (κ2) is 10.3. The highest BCUT2D eigenvalue weighted by molar-refractivity contribution is 6.17. The quantitative estimate of drug-likeness (QED) is 0.503. The van der Waals surface area contributed by atoms with Crippen LogP contribution in [0.15, 0.2) is 110 Å². The Bertz CT molecular complexity index is 612. The lowest BCUT2D eigenvalue weighted by Crippen LogP contribution is -2.18. The maximum absolute atomic E-state index is 5.56. The first-order chi connectivity index (χ1) is 11.1. The predicted octanol–water partition coefficient (Wildman–Crippen LogP) is 5.33. The Kier molecular flexibility index (Phi) is 8.31. The fourth-order valence-corrected chi connectivity index (χ4v) is 2.13. The number of allylic oxidation sites excluding steroid dienone is 11. The van der Waals surface area contributed by atoms with Gasteiger partial charge in [-0.05, 0) is 30.6 Å². The highest BCUT2D eigenvalue weighted by Crippen LogP contribution is 2.22. The van der Waals surface area contributed by atoms with Crippen LogP contribution in [-0.2, 0) is 0 Å². The van der Waals surface area contributed by atoms with Crippen molar-refractivity contribution in [2.45, 2.75) is 13.3 Å².